The van der Waals surface area contributed by atoms with E-state index in [1.807, 2.05) is 59.2 Å². The molecule has 0 aliphatic heterocycles. The second-order valence-corrected chi connectivity index (χ2v) is 9.41. The van der Waals surface area contributed by atoms with Gasteiger partial charge in [-0.25, -0.2) is 0 Å². The van der Waals surface area contributed by atoms with Crippen LogP contribution in [0.2, 0.25) is 0 Å². The molecule has 0 saturated carbocycles. The summed E-state index contributed by atoms with van der Waals surface area (Å²) >= 11 is 0. The number of carbonyl (C=O) groups excluding carboxylic acids is 1. The normalized spacial score (nSPS) is 11.5. The summed E-state index contributed by atoms with van der Waals surface area (Å²) in [5.74, 6) is -0.144. The maximum absolute atomic E-state index is 13.3. The summed E-state index contributed by atoms with van der Waals surface area (Å²) in [6, 6.07) is 23.3. The van der Waals surface area contributed by atoms with Crippen LogP contribution >= 0.6 is 0 Å². The molecule has 4 aromatic rings. The molecule has 0 radical (unpaired) electrons. The van der Waals surface area contributed by atoms with E-state index >= 15 is 0 Å². The fourth-order valence-corrected chi connectivity index (χ4v) is 4.00. The van der Waals surface area contributed by atoms with Crippen molar-refractivity contribution < 1.29 is 4.79 Å². The van der Waals surface area contributed by atoms with Gasteiger partial charge in [0, 0.05) is 35.2 Å². The fraction of sp³-hybridized carbons (Fsp3) is 0.185. The number of nitrogens with two attached hydrogens (primary N) is 2. The number of quaternary nitrogens is 1. The Morgan fingerprint density at radius 2 is 1.71 bits per heavy atom. The van der Waals surface area contributed by atoms with E-state index < -0.39 is 0 Å². The SMILES string of the molecule is C[N+](C)(C)c1ccc(CNC(=O)c2cc3cc(N)ccc3n2Cc2cccc(C(=N)N)c2)cc1. The molecule has 6 N–H and O–H groups in total. The van der Waals surface area contributed by atoms with Gasteiger partial charge in [0.15, 0.2) is 0 Å². The molecular weight excluding hydrogens is 424 g/mol. The molecule has 0 aliphatic rings. The molecule has 4 rings (SSSR count). The maximum Gasteiger partial charge on any atom is 0.268 e. The number of hydrogen-bond donors (Lipinski definition) is 4. The number of fused-ring (bicyclic) bond motifs is 1. The van der Waals surface area contributed by atoms with Crippen LogP contribution in [-0.4, -0.2) is 37.5 Å². The second-order valence-electron chi connectivity index (χ2n) is 9.41. The van der Waals surface area contributed by atoms with Gasteiger partial charge >= 0.3 is 0 Å². The molecule has 0 saturated heterocycles. The zero-order valence-electron chi connectivity index (χ0n) is 19.8. The molecule has 1 aromatic heterocycles. The monoisotopic (exact) mass is 455 g/mol. The van der Waals surface area contributed by atoms with Gasteiger partial charge < -0.3 is 21.4 Å². The Bertz CT molecular complexity index is 1360. The Morgan fingerprint density at radius 1 is 0.971 bits per heavy atom. The number of aromatic nitrogens is 1. The molecular formula is C27H31N6O+. The Kier molecular flexibility index (Phi) is 6.13. The van der Waals surface area contributed by atoms with Crippen LogP contribution in [0.3, 0.4) is 0 Å². The van der Waals surface area contributed by atoms with E-state index in [9.17, 15) is 4.79 Å². The van der Waals surface area contributed by atoms with E-state index in [1.54, 1.807) is 6.07 Å². The highest BCUT2D eigenvalue weighted by Crippen LogP contribution is 2.24. The number of amidine groups is 1. The highest BCUT2D eigenvalue weighted by atomic mass is 16.1. The number of benzene rings is 3. The number of rotatable bonds is 7. The summed E-state index contributed by atoms with van der Waals surface area (Å²) in [4.78, 5) is 13.3. The van der Waals surface area contributed by atoms with E-state index in [4.69, 9.17) is 16.9 Å². The van der Waals surface area contributed by atoms with Crippen LogP contribution < -0.4 is 21.3 Å². The van der Waals surface area contributed by atoms with Crippen LogP contribution in [0.25, 0.3) is 10.9 Å². The van der Waals surface area contributed by atoms with Crippen LogP contribution in [0.15, 0.2) is 72.8 Å². The predicted octanol–water partition coefficient (Wildman–Crippen LogP) is 3.68. The zero-order valence-corrected chi connectivity index (χ0v) is 19.8. The Balaban J connectivity index is 1.61. The molecule has 0 spiro atoms. The predicted molar refractivity (Wildman–Crippen MR) is 140 cm³/mol. The fourth-order valence-electron chi connectivity index (χ4n) is 4.00. The molecule has 1 amide bonds. The molecule has 7 heteroatoms. The first-order chi connectivity index (χ1) is 16.1. The summed E-state index contributed by atoms with van der Waals surface area (Å²) in [5, 5.41) is 11.7. The van der Waals surface area contributed by atoms with Gasteiger partial charge in [-0.15, -0.1) is 0 Å². The zero-order chi connectivity index (χ0) is 24.5. The Labute approximate surface area is 199 Å². The van der Waals surface area contributed by atoms with Crippen LogP contribution in [0.5, 0.6) is 0 Å². The van der Waals surface area contributed by atoms with Crippen molar-refractivity contribution >= 4 is 34.0 Å². The van der Waals surface area contributed by atoms with Crippen molar-refractivity contribution in [2.75, 3.05) is 26.9 Å². The standard InChI is InChI=1S/C27H30N6O/c1-33(2,3)23-10-7-18(8-11-23)16-31-27(34)25-15-21-14-22(28)9-12-24(21)32(25)17-19-5-4-6-20(13-19)26(29)30/h4-15H,16-17,28H2,1-3H3,(H3-,29,30,31,34)/p+1. The third-order valence-electron chi connectivity index (χ3n) is 5.90. The number of nitrogens with one attached hydrogen (secondary N) is 2. The average molecular weight is 456 g/mol. The van der Waals surface area contributed by atoms with Crippen molar-refractivity contribution in [3.05, 3.63) is 95.2 Å². The molecule has 0 fully saturated rings. The van der Waals surface area contributed by atoms with E-state index in [1.165, 1.54) is 5.69 Å². The highest BCUT2D eigenvalue weighted by molar-refractivity contribution is 5.99. The van der Waals surface area contributed by atoms with Gasteiger partial charge in [0.05, 0.1) is 21.1 Å². The number of carbonyl (C=O) groups is 1. The summed E-state index contributed by atoms with van der Waals surface area (Å²) in [5.41, 5.74) is 17.6. The highest BCUT2D eigenvalue weighted by Gasteiger charge is 2.17. The van der Waals surface area contributed by atoms with Crippen LogP contribution in [0, 0.1) is 5.41 Å². The van der Waals surface area contributed by atoms with Crippen molar-refractivity contribution in [1.29, 1.82) is 5.41 Å². The second kappa shape index (κ2) is 9.03. The van der Waals surface area contributed by atoms with Gasteiger partial charge in [-0.1, -0.05) is 30.3 Å². The lowest BCUT2D eigenvalue weighted by atomic mass is 10.1. The summed E-state index contributed by atoms with van der Waals surface area (Å²) in [6.07, 6.45) is 0. The van der Waals surface area contributed by atoms with Gasteiger partial charge in [-0.2, -0.15) is 0 Å². The van der Waals surface area contributed by atoms with Gasteiger partial charge in [0.2, 0.25) is 0 Å². The van der Waals surface area contributed by atoms with E-state index in [0.717, 1.165) is 26.5 Å². The lowest BCUT2D eigenvalue weighted by molar-refractivity contribution is 0.0942. The molecule has 0 unspecified atom stereocenters. The number of anilines is 1. The molecule has 0 atom stereocenters. The Morgan fingerprint density at radius 3 is 2.38 bits per heavy atom. The number of amides is 1. The van der Waals surface area contributed by atoms with E-state index in [2.05, 4.69) is 38.6 Å². The van der Waals surface area contributed by atoms with Crippen molar-refractivity contribution in [1.82, 2.24) is 14.4 Å². The quantitative estimate of drug-likeness (QED) is 0.148. The van der Waals surface area contributed by atoms with Crippen molar-refractivity contribution in [3.8, 4) is 0 Å². The molecule has 0 bridgehead atoms. The van der Waals surface area contributed by atoms with Gasteiger partial charge in [0.25, 0.3) is 5.91 Å². The van der Waals surface area contributed by atoms with E-state index in [0.29, 0.717) is 30.0 Å². The largest absolute Gasteiger partial charge is 0.399 e. The Hall–Kier alpha value is -4.10. The number of hydrogen-bond acceptors (Lipinski definition) is 3. The van der Waals surface area contributed by atoms with Crippen molar-refractivity contribution in [3.63, 3.8) is 0 Å². The lowest BCUT2D eigenvalue weighted by Gasteiger charge is -2.23. The third-order valence-corrected chi connectivity index (χ3v) is 5.90. The van der Waals surface area contributed by atoms with Crippen LogP contribution in [0.4, 0.5) is 11.4 Å². The maximum atomic E-state index is 13.3. The van der Waals surface area contributed by atoms with E-state index in [-0.39, 0.29) is 11.7 Å². The van der Waals surface area contributed by atoms with Crippen molar-refractivity contribution in [2.45, 2.75) is 13.1 Å². The lowest BCUT2D eigenvalue weighted by Crippen LogP contribution is -2.34. The number of nitrogen functional groups attached to an aromatic ring is 2. The van der Waals surface area contributed by atoms with Crippen LogP contribution in [-0.2, 0) is 13.1 Å². The summed E-state index contributed by atoms with van der Waals surface area (Å²) < 4.78 is 2.71. The first-order valence-corrected chi connectivity index (χ1v) is 11.1. The minimum atomic E-state index is -0.159. The molecule has 174 valence electrons. The number of nitrogens with zero attached hydrogens (tertiary/aromatic N) is 2. The van der Waals surface area contributed by atoms with Gasteiger partial charge in [-0.3, -0.25) is 14.7 Å². The first kappa shape index (κ1) is 23.1. The van der Waals surface area contributed by atoms with Crippen molar-refractivity contribution in [2.24, 2.45) is 5.73 Å². The molecule has 0 aliphatic carbocycles. The van der Waals surface area contributed by atoms with Gasteiger partial charge in [-0.05, 0) is 53.6 Å². The minimum Gasteiger partial charge on any atom is -0.399 e. The summed E-state index contributed by atoms with van der Waals surface area (Å²) in [7, 11) is 6.36. The first-order valence-electron chi connectivity index (χ1n) is 11.1. The third kappa shape index (κ3) is 4.94. The molecule has 34 heavy (non-hydrogen) atoms. The minimum absolute atomic E-state index is 0.0150. The molecule has 1 heterocycles. The summed E-state index contributed by atoms with van der Waals surface area (Å²) in [6.45, 7) is 0.898. The topological polar surface area (TPSA) is 110 Å². The molecule has 3 aromatic carbocycles. The average Bonchev–Trinajstić information content (AvgIpc) is 3.14. The smallest absolute Gasteiger partial charge is 0.268 e. The van der Waals surface area contributed by atoms with Gasteiger partial charge in [0.1, 0.15) is 17.2 Å². The van der Waals surface area contributed by atoms with Crippen LogP contribution in [0.1, 0.15) is 27.2 Å². The molecule has 7 nitrogen and oxygen atoms in total.